The Kier molecular flexibility index (Phi) is 10.4. The molecule has 0 aromatic heterocycles. The molecule has 1 aliphatic carbocycles. The normalized spacial score (nSPS) is 27.7. The molecule has 1 saturated carbocycles. The lowest BCUT2D eigenvalue weighted by Gasteiger charge is -2.37. The van der Waals surface area contributed by atoms with Gasteiger partial charge in [-0.2, -0.15) is 0 Å². The van der Waals surface area contributed by atoms with Crippen LogP contribution in [0.1, 0.15) is 98.3 Å². The van der Waals surface area contributed by atoms with Crippen LogP contribution in [0.3, 0.4) is 0 Å². The van der Waals surface area contributed by atoms with E-state index < -0.39 is 0 Å². The second-order valence-electron chi connectivity index (χ2n) is 7.79. The van der Waals surface area contributed by atoms with Crippen molar-refractivity contribution in [3.63, 3.8) is 0 Å². The predicted molar refractivity (Wildman–Crippen MR) is 95.7 cm³/mol. The van der Waals surface area contributed by atoms with Crippen LogP contribution in [-0.2, 0) is 0 Å². The zero-order valence-electron chi connectivity index (χ0n) is 15.3. The van der Waals surface area contributed by atoms with E-state index in [9.17, 15) is 0 Å². The summed E-state index contributed by atoms with van der Waals surface area (Å²) in [5.41, 5.74) is 0. The van der Waals surface area contributed by atoms with Gasteiger partial charge in [0, 0.05) is 6.04 Å². The standard InChI is InChI=1S/C20H41N/c1-5-7-8-9-10-11-12-20(21-13-6-2)19-15-17(3)14-18(4)16-19/h17-21H,5-16H2,1-4H3. The van der Waals surface area contributed by atoms with Crippen LogP contribution in [0.2, 0.25) is 0 Å². The minimum Gasteiger partial charge on any atom is -0.314 e. The zero-order chi connectivity index (χ0) is 15.5. The molecule has 1 rings (SSSR count). The van der Waals surface area contributed by atoms with Gasteiger partial charge in [-0.1, -0.05) is 66.2 Å². The summed E-state index contributed by atoms with van der Waals surface area (Å²) in [4.78, 5) is 0. The maximum atomic E-state index is 3.88. The zero-order valence-corrected chi connectivity index (χ0v) is 15.3. The lowest BCUT2D eigenvalue weighted by molar-refractivity contribution is 0.169. The molecule has 0 aromatic rings. The van der Waals surface area contributed by atoms with Gasteiger partial charge in [0.25, 0.3) is 0 Å². The quantitative estimate of drug-likeness (QED) is 0.449. The lowest BCUT2D eigenvalue weighted by atomic mass is 9.73. The van der Waals surface area contributed by atoms with Gasteiger partial charge in [0.2, 0.25) is 0 Å². The van der Waals surface area contributed by atoms with Crippen molar-refractivity contribution in [3.8, 4) is 0 Å². The summed E-state index contributed by atoms with van der Waals surface area (Å²) in [7, 11) is 0. The molecule has 1 nitrogen and oxygen atoms in total. The van der Waals surface area contributed by atoms with Gasteiger partial charge in [-0.3, -0.25) is 0 Å². The Morgan fingerprint density at radius 3 is 2.05 bits per heavy atom. The van der Waals surface area contributed by atoms with Crippen LogP contribution >= 0.6 is 0 Å². The molecule has 3 atom stereocenters. The van der Waals surface area contributed by atoms with E-state index in [2.05, 4.69) is 33.0 Å². The number of unbranched alkanes of at least 4 members (excludes halogenated alkanes) is 5. The summed E-state index contributed by atoms with van der Waals surface area (Å²) in [5, 5.41) is 3.88. The highest BCUT2D eigenvalue weighted by Gasteiger charge is 2.29. The molecule has 0 saturated heterocycles. The van der Waals surface area contributed by atoms with Gasteiger partial charge in [-0.25, -0.2) is 0 Å². The molecule has 3 unspecified atom stereocenters. The molecule has 0 bridgehead atoms. The summed E-state index contributed by atoms with van der Waals surface area (Å²) in [6.45, 7) is 10.7. The van der Waals surface area contributed by atoms with E-state index in [4.69, 9.17) is 0 Å². The van der Waals surface area contributed by atoms with Crippen LogP contribution in [0.15, 0.2) is 0 Å². The number of hydrogen-bond donors (Lipinski definition) is 1. The number of nitrogens with one attached hydrogen (secondary N) is 1. The molecule has 0 radical (unpaired) electrons. The molecule has 0 aromatic carbocycles. The van der Waals surface area contributed by atoms with Crippen LogP contribution in [0.25, 0.3) is 0 Å². The van der Waals surface area contributed by atoms with Gasteiger partial charge in [0.1, 0.15) is 0 Å². The Hall–Kier alpha value is -0.0400. The van der Waals surface area contributed by atoms with Crippen molar-refractivity contribution in [3.05, 3.63) is 0 Å². The van der Waals surface area contributed by atoms with Crippen molar-refractivity contribution in [2.45, 2.75) is 104 Å². The fourth-order valence-corrected chi connectivity index (χ4v) is 4.32. The third-order valence-corrected chi connectivity index (χ3v) is 5.31. The highest BCUT2D eigenvalue weighted by molar-refractivity contribution is 4.83. The third kappa shape index (κ3) is 8.24. The van der Waals surface area contributed by atoms with Gasteiger partial charge in [0.15, 0.2) is 0 Å². The first kappa shape index (κ1) is 19.0. The minimum atomic E-state index is 0.793. The first-order valence-corrected chi connectivity index (χ1v) is 9.90. The van der Waals surface area contributed by atoms with E-state index in [1.807, 2.05) is 0 Å². The summed E-state index contributed by atoms with van der Waals surface area (Å²) in [5.74, 6) is 2.81. The third-order valence-electron chi connectivity index (χ3n) is 5.31. The van der Waals surface area contributed by atoms with Crippen molar-refractivity contribution in [2.24, 2.45) is 17.8 Å². The molecule has 0 spiro atoms. The van der Waals surface area contributed by atoms with Crippen molar-refractivity contribution < 1.29 is 0 Å². The molecule has 126 valence electrons. The van der Waals surface area contributed by atoms with E-state index in [1.54, 1.807) is 0 Å². The summed E-state index contributed by atoms with van der Waals surface area (Å²) >= 11 is 0. The second-order valence-corrected chi connectivity index (χ2v) is 7.79. The fraction of sp³-hybridized carbons (Fsp3) is 1.00. The molecule has 0 aliphatic heterocycles. The SMILES string of the molecule is CCCCCCCCC(NCCC)C1CC(C)CC(C)C1. The van der Waals surface area contributed by atoms with Gasteiger partial charge in [-0.15, -0.1) is 0 Å². The maximum absolute atomic E-state index is 3.88. The average Bonchev–Trinajstić information content (AvgIpc) is 2.44. The minimum absolute atomic E-state index is 0.793. The first-order valence-electron chi connectivity index (χ1n) is 9.90. The molecular formula is C20H41N. The Bertz CT molecular complexity index is 228. The van der Waals surface area contributed by atoms with Crippen molar-refractivity contribution in [1.82, 2.24) is 5.32 Å². The average molecular weight is 296 g/mol. The monoisotopic (exact) mass is 295 g/mol. The van der Waals surface area contributed by atoms with Gasteiger partial charge >= 0.3 is 0 Å². The Balaban J connectivity index is 2.32. The smallest absolute Gasteiger partial charge is 0.00955 e. The molecule has 1 heteroatoms. The molecule has 0 heterocycles. The molecule has 1 N–H and O–H groups in total. The predicted octanol–water partition coefficient (Wildman–Crippen LogP) is 6.18. The Morgan fingerprint density at radius 1 is 0.810 bits per heavy atom. The van der Waals surface area contributed by atoms with Crippen LogP contribution in [0, 0.1) is 17.8 Å². The molecule has 21 heavy (non-hydrogen) atoms. The van der Waals surface area contributed by atoms with Crippen LogP contribution in [0.4, 0.5) is 0 Å². The van der Waals surface area contributed by atoms with Crippen LogP contribution < -0.4 is 5.32 Å². The topological polar surface area (TPSA) is 12.0 Å². The molecule has 1 fully saturated rings. The fourth-order valence-electron chi connectivity index (χ4n) is 4.32. The number of hydrogen-bond acceptors (Lipinski definition) is 1. The van der Waals surface area contributed by atoms with E-state index in [1.165, 1.54) is 77.2 Å². The first-order chi connectivity index (χ1) is 10.2. The van der Waals surface area contributed by atoms with E-state index in [0.29, 0.717) is 0 Å². The Morgan fingerprint density at radius 2 is 1.43 bits per heavy atom. The van der Waals surface area contributed by atoms with Crippen LogP contribution in [0.5, 0.6) is 0 Å². The molecular weight excluding hydrogens is 254 g/mol. The van der Waals surface area contributed by atoms with E-state index >= 15 is 0 Å². The summed E-state index contributed by atoms with van der Waals surface area (Å²) < 4.78 is 0. The summed E-state index contributed by atoms with van der Waals surface area (Å²) in [6.07, 6.45) is 15.6. The van der Waals surface area contributed by atoms with Gasteiger partial charge in [0.05, 0.1) is 0 Å². The molecule has 0 amide bonds. The molecule has 1 aliphatic rings. The maximum Gasteiger partial charge on any atom is 0.00955 e. The highest BCUT2D eigenvalue weighted by atomic mass is 14.9. The second kappa shape index (κ2) is 11.5. The number of rotatable bonds is 11. The Labute approximate surface area is 134 Å². The van der Waals surface area contributed by atoms with E-state index in [-0.39, 0.29) is 0 Å². The van der Waals surface area contributed by atoms with Crippen molar-refractivity contribution in [2.75, 3.05) is 6.54 Å². The summed E-state index contributed by atoms with van der Waals surface area (Å²) in [6, 6.07) is 0.793. The van der Waals surface area contributed by atoms with E-state index in [0.717, 1.165) is 23.8 Å². The van der Waals surface area contributed by atoms with Crippen molar-refractivity contribution >= 4 is 0 Å². The van der Waals surface area contributed by atoms with Gasteiger partial charge < -0.3 is 5.32 Å². The lowest BCUT2D eigenvalue weighted by Crippen LogP contribution is -2.40. The van der Waals surface area contributed by atoms with Crippen molar-refractivity contribution in [1.29, 1.82) is 0 Å². The largest absolute Gasteiger partial charge is 0.314 e. The van der Waals surface area contributed by atoms with Crippen LogP contribution in [-0.4, -0.2) is 12.6 Å². The van der Waals surface area contributed by atoms with Gasteiger partial charge in [-0.05, 0) is 56.4 Å². The highest BCUT2D eigenvalue weighted by Crippen LogP contribution is 2.35.